The van der Waals surface area contributed by atoms with Crippen LogP contribution in [0.1, 0.15) is 60.5 Å². The lowest BCUT2D eigenvalue weighted by atomic mass is 10.0. The number of hydrogen-bond donors (Lipinski definition) is 2. The van der Waals surface area contributed by atoms with Crippen molar-refractivity contribution >= 4 is 28.4 Å². The van der Waals surface area contributed by atoms with Gasteiger partial charge in [0.2, 0.25) is 5.43 Å². The van der Waals surface area contributed by atoms with Crippen LogP contribution < -0.4 is 15.5 Å². The van der Waals surface area contributed by atoms with E-state index in [2.05, 4.69) is 10.2 Å². The van der Waals surface area contributed by atoms with E-state index < -0.39 is 23.3 Å². The van der Waals surface area contributed by atoms with Crippen LogP contribution in [-0.2, 0) is 0 Å². The number of nitrogens with zero attached hydrogens (tertiary/aromatic N) is 2. The molecule has 2 aromatic carbocycles. The minimum absolute atomic E-state index is 0.00339. The number of aliphatic hydroxyl groups excluding tert-OH is 1. The second-order valence-corrected chi connectivity index (χ2v) is 11.3. The Morgan fingerprint density at radius 3 is 2.55 bits per heavy atom. The van der Waals surface area contributed by atoms with Gasteiger partial charge in [0.05, 0.1) is 10.5 Å². The van der Waals surface area contributed by atoms with E-state index in [4.69, 9.17) is 16.3 Å². The number of carbonyl (C=O) groups is 1. The Balaban J connectivity index is 1.20. The van der Waals surface area contributed by atoms with Gasteiger partial charge in [-0.15, -0.1) is 0 Å². The van der Waals surface area contributed by atoms with Crippen molar-refractivity contribution in [3.8, 4) is 5.75 Å². The summed E-state index contributed by atoms with van der Waals surface area (Å²) < 4.78 is 35.5. The van der Waals surface area contributed by atoms with Gasteiger partial charge in [-0.3, -0.25) is 9.59 Å². The molecule has 1 amide bonds. The summed E-state index contributed by atoms with van der Waals surface area (Å²) in [5, 5.41) is 13.5. The highest BCUT2D eigenvalue weighted by Gasteiger charge is 2.26. The summed E-state index contributed by atoms with van der Waals surface area (Å²) in [5.74, 6) is -1.14. The highest BCUT2D eigenvalue weighted by Crippen LogP contribution is 2.33. The standard InChI is InChI=1S/C30H34ClF2N3O4/c1-18-6-7-22(12-26(18)32)40-17-21(37)15-35-10-8-19(9-11-35)34-30(39)24-16-36(20-4-2-3-5-20)28-14-25(31)27(33)13-23(28)29(24)38/h6-7,12-14,16,19-21,37H,2-5,8-11,15,17H2,1H3,(H,34,39)/t21-/m0/s1. The molecule has 0 bridgehead atoms. The third-order valence-corrected chi connectivity index (χ3v) is 8.30. The Morgan fingerprint density at radius 2 is 1.85 bits per heavy atom. The number of carbonyl (C=O) groups excluding carboxylic acids is 1. The molecule has 1 saturated heterocycles. The van der Waals surface area contributed by atoms with Crippen molar-refractivity contribution in [1.29, 1.82) is 0 Å². The highest BCUT2D eigenvalue weighted by atomic mass is 35.5. The van der Waals surface area contributed by atoms with Gasteiger partial charge < -0.3 is 24.6 Å². The molecule has 7 nitrogen and oxygen atoms in total. The lowest BCUT2D eigenvalue weighted by molar-refractivity contribution is 0.0567. The van der Waals surface area contributed by atoms with Crippen LogP contribution in [0.5, 0.6) is 5.75 Å². The molecule has 10 heteroatoms. The molecular weight excluding hydrogens is 540 g/mol. The molecule has 40 heavy (non-hydrogen) atoms. The average Bonchev–Trinajstić information content (AvgIpc) is 3.47. The summed E-state index contributed by atoms with van der Waals surface area (Å²) in [5.41, 5.74) is 0.569. The molecule has 1 aromatic heterocycles. The molecule has 2 fully saturated rings. The molecular formula is C30H34ClF2N3O4. The Bertz CT molecular complexity index is 1450. The zero-order chi connectivity index (χ0) is 28.4. The molecule has 2 heterocycles. The predicted octanol–water partition coefficient (Wildman–Crippen LogP) is 4.99. The number of nitrogens with one attached hydrogen (secondary N) is 1. The summed E-state index contributed by atoms with van der Waals surface area (Å²) in [4.78, 5) is 28.6. The van der Waals surface area contributed by atoms with Crippen molar-refractivity contribution in [3.63, 3.8) is 0 Å². The summed E-state index contributed by atoms with van der Waals surface area (Å²) in [6, 6.07) is 7.20. The molecule has 1 aliphatic heterocycles. The van der Waals surface area contributed by atoms with Crippen LogP contribution in [0.3, 0.4) is 0 Å². The van der Waals surface area contributed by atoms with Crippen LogP contribution in [0.2, 0.25) is 5.02 Å². The van der Waals surface area contributed by atoms with E-state index >= 15 is 0 Å². The number of amides is 1. The maximum atomic E-state index is 14.3. The zero-order valence-corrected chi connectivity index (χ0v) is 23.2. The smallest absolute Gasteiger partial charge is 0.256 e. The SMILES string of the molecule is Cc1ccc(OC[C@@H](O)CN2CCC(NC(=O)c3cn(C4CCCC4)c4cc(Cl)c(F)cc4c3=O)CC2)cc1F. The van der Waals surface area contributed by atoms with Gasteiger partial charge in [0, 0.05) is 49.4 Å². The number of aromatic nitrogens is 1. The number of aryl methyl sites for hydroxylation is 1. The molecule has 1 atom stereocenters. The number of piperidine rings is 1. The first kappa shape index (κ1) is 28.5. The quantitative estimate of drug-likeness (QED) is 0.397. The van der Waals surface area contributed by atoms with Crippen molar-refractivity contribution in [2.45, 2.75) is 63.6 Å². The zero-order valence-electron chi connectivity index (χ0n) is 22.5. The number of hydrogen-bond acceptors (Lipinski definition) is 5. The first-order valence-corrected chi connectivity index (χ1v) is 14.2. The maximum absolute atomic E-state index is 14.3. The molecule has 1 saturated carbocycles. The first-order valence-electron chi connectivity index (χ1n) is 13.8. The fraction of sp³-hybridized carbons (Fsp3) is 0.467. The van der Waals surface area contributed by atoms with Crippen LogP contribution >= 0.6 is 11.6 Å². The molecule has 5 rings (SSSR count). The highest BCUT2D eigenvalue weighted by molar-refractivity contribution is 6.31. The molecule has 2 N–H and O–H groups in total. The van der Waals surface area contributed by atoms with Gasteiger partial charge in [0.15, 0.2) is 0 Å². The third kappa shape index (κ3) is 6.32. The fourth-order valence-electron chi connectivity index (χ4n) is 5.72. The molecule has 0 radical (unpaired) electrons. The van der Waals surface area contributed by atoms with Crippen molar-refractivity contribution in [2.75, 3.05) is 26.2 Å². The van der Waals surface area contributed by atoms with Gasteiger partial charge in [0.1, 0.15) is 35.7 Å². The maximum Gasteiger partial charge on any atom is 0.256 e. The average molecular weight is 574 g/mol. The fourth-order valence-corrected chi connectivity index (χ4v) is 5.88. The number of β-amino-alcohol motifs (C(OH)–C–C–N with tert-alkyl or cyclic N) is 1. The number of aliphatic hydroxyl groups is 1. The topological polar surface area (TPSA) is 83.8 Å². The van der Waals surface area contributed by atoms with Crippen molar-refractivity contribution in [2.24, 2.45) is 0 Å². The Kier molecular flexibility index (Phi) is 8.73. The monoisotopic (exact) mass is 573 g/mol. The number of ether oxygens (including phenoxy) is 1. The summed E-state index contributed by atoms with van der Waals surface area (Å²) >= 11 is 6.04. The van der Waals surface area contributed by atoms with E-state index in [-0.39, 0.29) is 40.5 Å². The molecule has 0 unspecified atom stereocenters. The van der Waals surface area contributed by atoms with Gasteiger partial charge in [-0.2, -0.15) is 0 Å². The Hall–Kier alpha value is -3.01. The number of likely N-dealkylation sites (tertiary alicyclic amines) is 1. The van der Waals surface area contributed by atoms with Gasteiger partial charge in [-0.05, 0) is 56.4 Å². The minimum Gasteiger partial charge on any atom is -0.491 e. The Morgan fingerprint density at radius 1 is 1.12 bits per heavy atom. The van der Waals surface area contributed by atoms with Crippen molar-refractivity contribution < 1.29 is 23.4 Å². The number of pyridine rings is 1. The van der Waals surface area contributed by atoms with E-state index in [0.717, 1.165) is 31.7 Å². The molecule has 3 aromatic rings. The Labute approximate surface area is 236 Å². The van der Waals surface area contributed by atoms with Crippen LogP contribution in [0, 0.1) is 18.6 Å². The van der Waals surface area contributed by atoms with Crippen LogP contribution in [0.15, 0.2) is 41.3 Å². The van der Waals surface area contributed by atoms with E-state index in [0.29, 0.717) is 49.3 Å². The van der Waals surface area contributed by atoms with Crippen LogP contribution in [-0.4, -0.2) is 58.9 Å². The van der Waals surface area contributed by atoms with E-state index in [1.165, 1.54) is 12.1 Å². The van der Waals surface area contributed by atoms with Crippen LogP contribution in [0.25, 0.3) is 10.9 Å². The van der Waals surface area contributed by atoms with E-state index in [9.17, 15) is 23.5 Å². The second-order valence-electron chi connectivity index (χ2n) is 10.9. The van der Waals surface area contributed by atoms with Crippen molar-refractivity contribution in [1.82, 2.24) is 14.8 Å². The van der Waals surface area contributed by atoms with Gasteiger partial charge in [-0.1, -0.05) is 30.5 Å². The predicted molar refractivity (Wildman–Crippen MR) is 150 cm³/mol. The van der Waals surface area contributed by atoms with Crippen molar-refractivity contribution in [3.05, 3.63) is 74.5 Å². The lowest BCUT2D eigenvalue weighted by Crippen LogP contribution is -2.47. The second kappa shape index (κ2) is 12.2. The van der Waals surface area contributed by atoms with Gasteiger partial charge in [-0.25, -0.2) is 8.78 Å². The largest absolute Gasteiger partial charge is 0.491 e. The summed E-state index contributed by atoms with van der Waals surface area (Å²) in [7, 11) is 0. The van der Waals surface area contributed by atoms with Crippen LogP contribution in [0.4, 0.5) is 8.78 Å². The normalized spacial score (nSPS) is 17.8. The summed E-state index contributed by atoms with van der Waals surface area (Å²) in [6.45, 7) is 3.40. The molecule has 0 spiro atoms. The molecule has 214 valence electrons. The lowest BCUT2D eigenvalue weighted by Gasteiger charge is -2.33. The third-order valence-electron chi connectivity index (χ3n) is 8.01. The first-order chi connectivity index (χ1) is 19.2. The number of halogens is 3. The van der Waals surface area contributed by atoms with Gasteiger partial charge in [0.25, 0.3) is 5.91 Å². The number of benzene rings is 2. The molecule has 2 aliphatic rings. The van der Waals surface area contributed by atoms with E-state index in [1.54, 1.807) is 25.3 Å². The molecule has 1 aliphatic carbocycles. The minimum atomic E-state index is -0.754. The number of rotatable bonds is 8. The van der Waals surface area contributed by atoms with E-state index in [1.807, 2.05) is 4.57 Å². The number of fused-ring (bicyclic) bond motifs is 1. The van der Waals surface area contributed by atoms with Gasteiger partial charge >= 0.3 is 0 Å². The summed E-state index contributed by atoms with van der Waals surface area (Å²) in [6.07, 6.45) is 6.11.